The zero-order chi connectivity index (χ0) is 19.5. The maximum absolute atomic E-state index is 12.3. The van der Waals surface area contributed by atoms with Crippen molar-refractivity contribution in [3.63, 3.8) is 0 Å². The molecular formula is C18H33NO5S. The lowest BCUT2D eigenvalue weighted by atomic mass is 9.99. The van der Waals surface area contributed by atoms with Gasteiger partial charge in [0.15, 0.2) is 5.78 Å². The number of Topliss-reactive ketones (excluding diaryl/α,β-unsaturated/α-hetero) is 1. The number of nitrogens with one attached hydrogen (secondary N) is 1. The number of hydrogen-bond donors (Lipinski definition) is 2. The van der Waals surface area contributed by atoms with E-state index in [0.717, 1.165) is 12.2 Å². The summed E-state index contributed by atoms with van der Waals surface area (Å²) in [4.78, 5) is 35.5. The molecule has 0 saturated heterocycles. The molecule has 0 aliphatic carbocycles. The highest BCUT2D eigenvalue weighted by Gasteiger charge is 2.26. The molecule has 0 heterocycles. The Morgan fingerprint density at radius 2 is 1.84 bits per heavy atom. The molecule has 2 N–H and O–H groups in total. The zero-order valence-corrected chi connectivity index (χ0v) is 16.9. The maximum atomic E-state index is 12.3. The van der Waals surface area contributed by atoms with Gasteiger partial charge in [-0.25, -0.2) is 4.79 Å². The highest BCUT2D eigenvalue weighted by atomic mass is 32.2. The Kier molecular flexibility index (Phi) is 11.8. The Labute approximate surface area is 155 Å². The van der Waals surface area contributed by atoms with Crippen molar-refractivity contribution in [2.75, 3.05) is 18.6 Å². The van der Waals surface area contributed by atoms with E-state index in [9.17, 15) is 14.4 Å². The van der Waals surface area contributed by atoms with Crippen LogP contribution in [0.3, 0.4) is 0 Å². The fraction of sp³-hybridized carbons (Fsp3) is 0.833. The Hall–Kier alpha value is -1.08. The Morgan fingerprint density at radius 1 is 1.20 bits per heavy atom. The average molecular weight is 376 g/mol. The number of ketones is 1. The first-order valence-corrected chi connectivity index (χ1v) is 10.1. The molecule has 0 fully saturated rings. The summed E-state index contributed by atoms with van der Waals surface area (Å²) in [6.07, 6.45) is 4.48. The molecule has 146 valence electrons. The summed E-state index contributed by atoms with van der Waals surface area (Å²) in [6, 6.07) is -0.637. The van der Waals surface area contributed by atoms with Crippen molar-refractivity contribution in [3.05, 3.63) is 0 Å². The minimum atomic E-state index is -0.637. The van der Waals surface area contributed by atoms with Crippen LogP contribution in [0.2, 0.25) is 0 Å². The van der Waals surface area contributed by atoms with Crippen molar-refractivity contribution in [2.45, 2.75) is 71.4 Å². The van der Waals surface area contributed by atoms with Gasteiger partial charge in [0.1, 0.15) is 18.2 Å². The molecule has 0 aliphatic rings. The Balaban J connectivity index is 4.45. The number of aliphatic hydroxyl groups is 1. The quantitative estimate of drug-likeness (QED) is 0.509. The van der Waals surface area contributed by atoms with E-state index in [2.05, 4.69) is 5.32 Å². The normalized spacial score (nSPS) is 13.8. The highest BCUT2D eigenvalue weighted by molar-refractivity contribution is 7.98. The van der Waals surface area contributed by atoms with Crippen LogP contribution in [0.25, 0.3) is 0 Å². The summed E-state index contributed by atoms with van der Waals surface area (Å²) >= 11 is 1.61. The smallest absolute Gasteiger partial charge is 0.329 e. The summed E-state index contributed by atoms with van der Waals surface area (Å²) in [7, 11) is 0. The summed E-state index contributed by atoms with van der Waals surface area (Å²) in [5.74, 6) is 0.0855. The minimum Gasteiger partial charge on any atom is -0.458 e. The first-order valence-electron chi connectivity index (χ1n) is 8.72. The van der Waals surface area contributed by atoms with Crippen molar-refractivity contribution >= 4 is 29.4 Å². The molecule has 7 heteroatoms. The zero-order valence-electron chi connectivity index (χ0n) is 16.1. The van der Waals surface area contributed by atoms with Crippen molar-refractivity contribution in [1.29, 1.82) is 0 Å². The number of carbonyl (C=O) groups is 3. The van der Waals surface area contributed by atoms with Gasteiger partial charge in [-0.1, -0.05) is 6.92 Å². The molecule has 0 aromatic heterocycles. The predicted molar refractivity (Wildman–Crippen MR) is 100 cm³/mol. The number of hydrogen-bond acceptors (Lipinski definition) is 6. The topological polar surface area (TPSA) is 92.7 Å². The number of ether oxygens (including phenoxy) is 1. The minimum absolute atomic E-state index is 0.103. The molecule has 0 saturated carbocycles. The number of carbonyl (C=O) groups excluding carboxylic acids is 3. The third-order valence-electron chi connectivity index (χ3n) is 3.50. The van der Waals surface area contributed by atoms with Crippen molar-refractivity contribution in [1.82, 2.24) is 5.32 Å². The monoisotopic (exact) mass is 375 g/mol. The SMILES string of the molecule is CSCC[C@@H](NC(=O)CC(C)CCCC(=O)CO)C(=O)OC(C)(C)C. The first kappa shape index (κ1) is 23.9. The van der Waals surface area contributed by atoms with Gasteiger partial charge in [-0.15, -0.1) is 0 Å². The molecule has 0 aliphatic heterocycles. The lowest BCUT2D eigenvalue weighted by molar-refractivity contribution is -0.158. The Bertz CT molecular complexity index is 434. The maximum Gasteiger partial charge on any atom is 0.329 e. The van der Waals surface area contributed by atoms with Gasteiger partial charge in [0.05, 0.1) is 0 Å². The average Bonchev–Trinajstić information content (AvgIpc) is 2.49. The third kappa shape index (κ3) is 12.9. The van der Waals surface area contributed by atoms with Gasteiger partial charge in [-0.3, -0.25) is 9.59 Å². The number of rotatable bonds is 12. The number of esters is 1. The molecule has 1 unspecified atom stereocenters. The van der Waals surface area contributed by atoms with Gasteiger partial charge in [0.25, 0.3) is 0 Å². The summed E-state index contributed by atoms with van der Waals surface area (Å²) in [5.41, 5.74) is -0.591. The van der Waals surface area contributed by atoms with E-state index in [1.165, 1.54) is 0 Å². The van der Waals surface area contributed by atoms with Crippen molar-refractivity contribution < 1.29 is 24.2 Å². The van der Waals surface area contributed by atoms with Gasteiger partial charge >= 0.3 is 5.97 Å². The molecule has 1 amide bonds. The summed E-state index contributed by atoms with van der Waals surface area (Å²) < 4.78 is 5.38. The van der Waals surface area contributed by atoms with E-state index in [1.54, 1.807) is 32.5 Å². The largest absolute Gasteiger partial charge is 0.458 e. The number of aliphatic hydroxyl groups excluding tert-OH is 1. The fourth-order valence-corrected chi connectivity index (χ4v) is 2.73. The van der Waals surface area contributed by atoms with E-state index < -0.39 is 24.2 Å². The molecule has 0 rings (SSSR count). The molecule has 0 aromatic rings. The van der Waals surface area contributed by atoms with Crippen LogP contribution in [0.15, 0.2) is 0 Å². The van der Waals surface area contributed by atoms with E-state index >= 15 is 0 Å². The molecule has 2 atom stereocenters. The van der Waals surface area contributed by atoms with Crippen LogP contribution in [-0.2, 0) is 19.1 Å². The van der Waals surface area contributed by atoms with Crippen LogP contribution in [0, 0.1) is 5.92 Å². The Morgan fingerprint density at radius 3 is 2.36 bits per heavy atom. The van der Waals surface area contributed by atoms with Crippen molar-refractivity contribution in [3.8, 4) is 0 Å². The van der Waals surface area contributed by atoms with Crippen LogP contribution < -0.4 is 5.32 Å². The standard InChI is InChI=1S/C18H33NO5S/c1-13(7-6-8-14(21)12-20)11-16(22)19-15(9-10-25-5)17(23)24-18(2,3)4/h13,15,20H,6-12H2,1-5H3,(H,19,22)/t13?,15-/m1/s1. The highest BCUT2D eigenvalue weighted by Crippen LogP contribution is 2.14. The van der Waals surface area contributed by atoms with E-state index in [4.69, 9.17) is 9.84 Å². The number of amides is 1. The van der Waals surface area contributed by atoms with E-state index in [-0.39, 0.29) is 17.6 Å². The van der Waals surface area contributed by atoms with Crippen molar-refractivity contribution in [2.24, 2.45) is 5.92 Å². The molecule has 25 heavy (non-hydrogen) atoms. The molecular weight excluding hydrogens is 342 g/mol. The van der Waals surface area contributed by atoms with Gasteiger partial charge in [0, 0.05) is 12.8 Å². The molecule has 0 radical (unpaired) electrons. The first-order chi connectivity index (χ1) is 11.6. The van der Waals surface area contributed by atoms with Crippen LogP contribution in [0.5, 0.6) is 0 Å². The summed E-state index contributed by atoms with van der Waals surface area (Å²) in [6.45, 7) is 6.91. The van der Waals surface area contributed by atoms with Crippen LogP contribution in [0.4, 0.5) is 0 Å². The lowest BCUT2D eigenvalue weighted by Crippen LogP contribution is -2.44. The second-order valence-corrected chi connectivity index (χ2v) is 8.32. The third-order valence-corrected chi connectivity index (χ3v) is 4.14. The lowest BCUT2D eigenvalue weighted by Gasteiger charge is -2.25. The fourth-order valence-electron chi connectivity index (χ4n) is 2.26. The second-order valence-electron chi connectivity index (χ2n) is 7.33. The van der Waals surface area contributed by atoms with Gasteiger partial charge in [-0.05, 0) is 58.0 Å². The van der Waals surface area contributed by atoms with Crippen LogP contribution in [0.1, 0.15) is 59.8 Å². The second kappa shape index (κ2) is 12.3. The molecule has 0 spiro atoms. The predicted octanol–water partition coefficient (Wildman–Crippen LogP) is 2.32. The van der Waals surface area contributed by atoms with Gasteiger partial charge in [-0.2, -0.15) is 11.8 Å². The summed E-state index contributed by atoms with van der Waals surface area (Å²) in [5, 5.41) is 11.5. The van der Waals surface area contributed by atoms with E-state index in [0.29, 0.717) is 25.7 Å². The van der Waals surface area contributed by atoms with Gasteiger partial charge < -0.3 is 15.2 Å². The van der Waals surface area contributed by atoms with E-state index in [1.807, 2.05) is 13.2 Å². The molecule has 0 bridgehead atoms. The number of thioether (sulfide) groups is 1. The van der Waals surface area contributed by atoms with Crippen LogP contribution in [-0.4, -0.2) is 53.0 Å². The molecule has 6 nitrogen and oxygen atoms in total. The van der Waals surface area contributed by atoms with Crippen LogP contribution >= 0.6 is 11.8 Å². The molecule has 0 aromatic carbocycles. The van der Waals surface area contributed by atoms with Gasteiger partial charge in [0.2, 0.25) is 5.91 Å².